The summed E-state index contributed by atoms with van der Waals surface area (Å²) >= 11 is 0. The summed E-state index contributed by atoms with van der Waals surface area (Å²) < 4.78 is 52.0. The highest BCUT2D eigenvalue weighted by molar-refractivity contribution is 7.88. The van der Waals surface area contributed by atoms with Crippen molar-refractivity contribution < 1.29 is 17.2 Å². The van der Waals surface area contributed by atoms with Gasteiger partial charge in [-0.2, -0.15) is 0 Å². The van der Waals surface area contributed by atoms with Crippen molar-refractivity contribution in [1.29, 1.82) is 0 Å². The topological polar surface area (TPSA) is 91.3 Å². The molecule has 31 heavy (non-hydrogen) atoms. The van der Waals surface area contributed by atoms with Gasteiger partial charge in [0.15, 0.2) is 5.82 Å². The van der Waals surface area contributed by atoms with Gasteiger partial charge in [0.1, 0.15) is 11.2 Å². The molecular formula is C20H28F2N6O2S. The molecule has 170 valence electrons. The van der Waals surface area contributed by atoms with Crippen molar-refractivity contribution >= 4 is 32.7 Å². The molecule has 2 saturated heterocycles. The van der Waals surface area contributed by atoms with Crippen LogP contribution in [0.4, 0.5) is 20.5 Å². The first kappa shape index (κ1) is 22.1. The number of nitrogens with one attached hydrogen (secondary N) is 1. The molecule has 8 nitrogen and oxygen atoms in total. The Bertz CT molecular complexity index is 1070. The molecule has 2 aliphatic heterocycles. The van der Waals surface area contributed by atoms with Crippen LogP contribution < -0.4 is 10.2 Å². The summed E-state index contributed by atoms with van der Waals surface area (Å²) in [7, 11) is -3.22. The molecule has 4 rings (SSSR count). The Labute approximate surface area is 181 Å². The predicted octanol–water partition coefficient (Wildman–Crippen LogP) is 3.03. The van der Waals surface area contributed by atoms with Gasteiger partial charge in [0, 0.05) is 43.3 Å². The second kappa shape index (κ2) is 8.42. The first-order valence-electron chi connectivity index (χ1n) is 10.6. The lowest BCUT2D eigenvalue weighted by atomic mass is 9.95. The quantitative estimate of drug-likeness (QED) is 0.743. The zero-order valence-electron chi connectivity index (χ0n) is 17.9. The highest BCUT2D eigenvalue weighted by Crippen LogP contribution is 2.33. The third kappa shape index (κ3) is 4.57. The molecule has 1 N–H and O–H groups in total. The number of anilines is 2. The first-order chi connectivity index (χ1) is 14.6. The third-order valence-electron chi connectivity index (χ3n) is 6.27. The molecule has 2 fully saturated rings. The Morgan fingerprint density at radius 2 is 1.97 bits per heavy atom. The maximum absolute atomic E-state index is 13.4. The first-order valence-corrected chi connectivity index (χ1v) is 12.4. The average Bonchev–Trinajstić information content (AvgIpc) is 3.13. The van der Waals surface area contributed by atoms with Gasteiger partial charge in [-0.1, -0.05) is 6.92 Å². The molecule has 0 radical (unpaired) electrons. The predicted molar refractivity (Wildman–Crippen MR) is 116 cm³/mol. The molecule has 4 heterocycles. The summed E-state index contributed by atoms with van der Waals surface area (Å²) in [6.45, 7) is 5.67. The smallest absolute Gasteiger partial charge is 0.280 e. The lowest BCUT2D eigenvalue weighted by molar-refractivity contribution is 0.146. The molecule has 0 amide bonds. The van der Waals surface area contributed by atoms with E-state index in [0.29, 0.717) is 42.2 Å². The van der Waals surface area contributed by atoms with Gasteiger partial charge < -0.3 is 10.2 Å². The number of nitrogens with zero attached hydrogens (tertiary/aromatic N) is 5. The molecule has 0 saturated carbocycles. The van der Waals surface area contributed by atoms with E-state index in [1.807, 2.05) is 11.8 Å². The van der Waals surface area contributed by atoms with Crippen molar-refractivity contribution in [3.8, 4) is 0 Å². The van der Waals surface area contributed by atoms with E-state index in [2.05, 4.69) is 27.2 Å². The number of hydrogen-bond donors (Lipinski definition) is 1. The minimum absolute atomic E-state index is 0.0120. The van der Waals surface area contributed by atoms with Crippen LogP contribution >= 0.6 is 0 Å². The minimum Gasteiger partial charge on any atom is -0.352 e. The van der Waals surface area contributed by atoms with Crippen LogP contribution in [0.1, 0.15) is 45.2 Å². The van der Waals surface area contributed by atoms with Gasteiger partial charge in [-0.15, -0.1) is 0 Å². The molecule has 0 spiro atoms. The van der Waals surface area contributed by atoms with E-state index in [-0.39, 0.29) is 23.7 Å². The maximum atomic E-state index is 13.4. The zero-order chi connectivity index (χ0) is 22.3. The van der Waals surface area contributed by atoms with Crippen molar-refractivity contribution in [3.63, 3.8) is 0 Å². The number of piperidine rings is 1. The SMILES string of the molecule is C[C@@H]1CN(S(C)(=O)=O)CC[C@@H]1Nc1ncc2cc(C(F)F)nc(N3CCC[C@H]3C)c2n1. The molecule has 0 unspecified atom stereocenters. The normalized spacial score (nSPS) is 25.5. The van der Waals surface area contributed by atoms with Crippen molar-refractivity contribution in [2.24, 2.45) is 5.92 Å². The van der Waals surface area contributed by atoms with E-state index in [4.69, 9.17) is 0 Å². The molecule has 0 aliphatic carbocycles. The van der Waals surface area contributed by atoms with E-state index < -0.39 is 16.4 Å². The second-order valence-electron chi connectivity index (χ2n) is 8.63. The number of pyridine rings is 1. The monoisotopic (exact) mass is 454 g/mol. The molecule has 0 bridgehead atoms. The van der Waals surface area contributed by atoms with E-state index >= 15 is 0 Å². The second-order valence-corrected chi connectivity index (χ2v) is 10.6. The summed E-state index contributed by atoms with van der Waals surface area (Å²) in [6.07, 6.45) is 2.71. The Morgan fingerprint density at radius 1 is 1.19 bits per heavy atom. The Kier molecular flexibility index (Phi) is 5.99. The number of fused-ring (bicyclic) bond motifs is 1. The van der Waals surface area contributed by atoms with Crippen molar-refractivity contribution in [2.45, 2.75) is 51.6 Å². The molecule has 2 aromatic rings. The van der Waals surface area contributed by atoms with Crippen LogP contribution in [0.3, 0.4) is 0 Å². The summed E-state index contributed by atoms with van der Waals surface area (Å²) in [6, 6.07) is 1.56. The summed E-state index contributed by atoms with van der Waals surface area (Å²) in [4.78, 5) is 15.3. The maximum Gasteiger partial charge on any atom is 0.280 e. The van der Waals surface area contributed by atoms with Crippen LogP contribution in [0.25, 0.3) is 10.9 Å². The Morgan fingerprint density at radius 3 is 2.58 bits per heavy atom. The lowest BCUT2D eigenvalue weighted by Gasteiger charge is -2.35. The molecule has 11 heteroatoms. The van der Waals surface area contributed by atoms with E-state index in [1.54, 1.807) is 6.20 Å². The van der Waals surface area contributed by atoms with E-state index in [0.717, 1.165) is 19.4 Å². The fourth-order valence-corrected chi connectivity index (χ4v) is 5.40. The number of halogens is 2. The van der Waals surface area contributed by atoms with Gasteiger partial charge in [0.05, 0.1) is 6.26 Å². The van der Waals surface area contributed by atoms with Gasteiger partial charge in [0.2, 0.25) is 16.0 Å². The fraction of sp³-hybridized carbons (Fsp3) is 0.650. The van der Waals surface area contributed by atoms with Gasteiger partial charge in [-0.25, -0.2) is 36.5 Å². The number of hydrogen-bond acceptors (Lipinski definition) is 7. The molecule has 2 aromatic heterocycles. The van der Waals surface area contributed by atoms with Gasteiger partial charge in [-0.05, 0) is 38.2 Å². The summed E-state index contributed by atoms with van der Waals surface area (Å²) in [5, 5.41) is 3.86. The minimum atomic E-state index is -3.22. The largest absolute Gasteiger partial charge is 0.352 e. The summed E-state index contributed by atoms with van der Waals surface area (Å²) in [5.41, 5.74) is 0.282. The van der Waals surface area contributed by atoms with Crippen molar-refractivity contribution in [1.82, 2.24) is 19.3 Å². The highest BCUT2D eigenvalue weighted by atomic mass is 32.2. The standard InChI is InChI=1S/C20H28F2N6O2S/c1-12-11-27(31(3,29)30)8-6-15(12)25-20-23-10-14-9-16(18(21)22)24-19(17(14)26-20)28-7-4-5-13(28)2/h9-10,12-13,15,18H,4-8,11H2,1-3H3,(H,23,25,26)/t12-,13-,15+/m1/s1. The van der Waals surface area contributed by atoms with Gasteiger partial charge in [0.25, 0.3) is 6.43 Å². The molecule has 2 aliphatic rings. The zero-order valence-corrected chi connectivity index (χ0v) is 18.7. The lowest BCUT2D eigenvalue weighted by Crippen LogP contribution is -2.47. The van der Waals surface area contributed by atoms with E-state index in [1.165, 1.54) is 16.6 Å². The summed E-state index contributed by atoms with van der Waals surface area (Å²) in [5.74, 6) is 0.945. The molecular weight excluding hydrogens is 426 g/mol. The van der Waals surface area contributed by atoms with Crippen LogP contribution in [0.15, 0.2) is 12.3 Å². The van der Waals surface area contributed by atoms with Crippen molar-refractivity contribution in [3.05, 3.63) is 18.0 Å². The Hall–Kier alpha value is -2.14. The van der Waals surface area contributed by atoms with Crippen LogP contribution in [-0.4, -0.2) is 65.6 Å². The van der Waals surface area contributed by atoms with Gasteiger partial charge >= 0.3 is 0 Å². The van der Waals surface area contributed by atoms with Crippen LogP contribution in [0.5, 0.6) is 0 Å². The average molecular weight is 455 g/mol. The number of rotatable bonds is 5. The third-order valence-corrected chi connectivity index (χ3v) is 7.54. The fourth-order valence-electron chi connectivity index (χ4n) is 4.46. The van der Waals surface area contributed by atoms with Gasteiger partial charge in [-0.3, -0.25) is 0 Å². The number of alkyl halides is 2. The van der Waals surface area contributed by atoms with Crippen LogP contribution in [0, 0.1) is 5.92 Å². The van der Waals surface area contributed by atoms with Crippen LogP contribution in [0.2, 0.25) is 0 Å². The highest BCUT2D eigenvalue weighted by Gasteiger charge is 2.31. The molecule has 3 atom stereocenters. The van der Waals surface area contributed by atoms with Crippen LogP contribution in [-0.2, 0) is 10.0 Å². The number of aromatic nitrogens is 3. The number of sulfonamides is 1. The molecule has 0 aromatic carbocycles. The van der Waals surface area contributed by atoms with Crippen molar-refractivity contribution in [2.75, 3.05) is 36.1 Å². The Balaban J connectivity index is 1.64. The van der Waals surface area contributed by atoms with E-state index in [9.17, 15) is 17.2 Å².